The fourth-order valence-electron chi connectivity index (χ4n) is 2.40. The lowest BCUT2D eigenvalue weighted by molar-refractivity contribution is -0.141. The van der Waals surface area contributed by atoms with Crippen molar-refractivity contribution in [1.29, 1.82) is 0 Å². The van der Waals surface area contributed by atoms with Gasteiger partial charge in [0.05, 0.1) is 11.7 Å². The van der Waals surface area contributed by atoms with Gasteiger partial charge in [-0.25, -0.2) is 8.42 Å². The van der Waals surface area contributed by atoms with Gasteiger partial charge in [0.15, 0.2) is 0 Å². The quantitative estimate of drug-likeness (QED) is 0.884. The summed E-state index contributed by atoms with van der Waals surface area (Å²) < 4.78 is 22.3. The predicted molar refractivity (Wildman–Crippen MR) is 78.0 cm³/mol. The maximum absolute atomic E-state index is 12.2. The zero-order chi connectivity index (χ0) is 15.6. The number of hydrogen-bond donors (Lipinski definition) is 1. The molecule has 0 saturated heterocycles. The Hall–Kier alpha value is -1.89. The molecule has 1 aromatic carbocycles. The normalized spacial score (nSPS) is 18.1. The standard InChI is InChI=1S/C14H17NO5S/c1-21(19,20)7-6-13(16)15-9-11(14(17)18)8-10-4-2-3-5-12(10)15/h2-5,11H,6-9H2,1H3,(H,17,18). The Morgan fingerprint density at radius 3 is 2.62 bits per heavy atom. The van der Waals surface area contributed by atoms with Crippen molar-refractivity contribution in [3.63, 3.8) is 0 Å². The molecule has 1 aliphatic rings. The molecule has 0 bridgehead atoms. The number of carbonyl (C=O) groups is 2. The summed E-state index contributed by atoms with van der Waals surface area (Å²) in [4.78, 5) is 24.9. The first-order valence-corrected chi connectivity index (χ1v) is 8.63. The second-order valence-corrected chi connectivity index (χ2v) is 7.51. The van der Waals surface area contributed by atoms with Crippen molar-refractivity contribution in [3.8, 4) is 0 Å². The highest BCUT2D eigenvalue weighted by molar-refractivity contribution is 7.90. The van der Waals surface area contributed by atoms with Gasteiger partial charge in [0.25, 0.3) is 0 Å². The van der Waals surface area contributed by atoms with Crippen molar-refractivity contribution in [2.24, 2.45) is 5.92 Å². The zero-order valence-electron chi connectivity index (χ0n) is 11.7. The van der Waals surface area contributed by atoms with E-state index in [2.05, 4.69) is 0 Å². The summed E-state index contributed by atoms with van der Waals surface area (Å²) >= 11 is 0. The summed E-state index contributed by atoms with van der Waals surface area (Å²) in [5.74, 6) is -2.21. The first kappa shape index (κ1) is 15.5. The van der Waals surface area contributed by atoms with Crippen molar-refractivity contribution in [1.82, 2.24) is 0 Å². The van der Waals surface area contributed by atoms with E-state index in [0.29, 0.717) is 12.1 Å². The van der Waals surface area contributed by atoms with Gasteiger partial charge in [-0.15, -0.1) is 0 Å². The van der Waals surface area contributed by atoms with Crippen molar-refractivity contribution < 1.29 is 23.1 Å². The molecule has 1 aromatic rings. The van der Waals surface area contributed by atoms with Crippen molar-refractivity contribution in [2.75, 3.05) is 23.5 Å². The Morgan fingerprint density at radius 2 is 2.00 bits per heavy atom. The van der Waals surface area contributed by atoms with Gasteiger partial charge >= 0.3 is 5.97 Å². The lowest BCUT2D eigenvalue weighted by Gasteiger charge is -2.33. The van der Waals surface area contributed by atoms with E-state index in [1.165, 1.54) is 4.90 Å². The van der Waals surface area contributed by atoms with Crippen LogP contribution in [0.1, 0.15) is 12.0 Å². The lowest BCUT2D eigenvalue weighted by Crippen LogP contribution is -2.43. The number of anilines is 1. The minimum Gasteiger partial charge on any atom is -0.481 e. The SMILES string of the molecule is CS(=O)(=O)CCC(=O)N1CC(C(=O)O)Cc2ccccc21. The molecule has 1 heterocycles. The summed E-state index contributed by atoms with van der Waals surface area (Å²) in [5, 5.41) is 9.19. The van der Waals surface area contributed by atoms with Crippen molar-refractivity contribution >= 4 is 27.4 Å². The van der Waals surface area contributed by atoms with Gasteiger partial charge in [-0.2, -0.15) is 0 Å². The Bertz CT molecular complexity index is 668. The maximum Gasteiger partial charge on any atom is 0.308 e. The number of amides is 1. The van der Waals surface area contributed by atoms with Crippen LogP contribution in [0.4, 0.5) is 5.69 Å². The van der Waals surface area contributed by atoms with Crippen LogP contribution in [-0.4, -0.2) is 44.0 Å². The fraction of sp³-hybridized carbons (Fsp3) is 0.429. The Kier molecular flexibility index (Phi) is 4.32. The van der Waals surface area contributed by atoms with Gasteiger partial charge in [0, 0.05) is 24.9 Å². The molecule has 21 heavy (non-hydrogen) atoms. The Morgan fingerprint density at radius 1 is 1.33 bits per heavy atom. The Balaban J connectivity index is 2.25. The Labute approximate surface area is 123 Å². The first-order chi connectivity index (χ1) is 9.78. The molecular weight excluding hydrogens is 294 g/mol. The smallest absolute Gasteiger partial charge is 0.308 e. The van der Waals surface area contributed by atoms with E-state index in [4.69, 9.17) is 0 Å². The number of aliphatic carboxylic acids is 1. The molecule has 2 rings (SSSR count). The van der Waals surface area contributed by atoms with E-state index in [1.54, 1.807) is 24.3 Å². The summed E-state index contributed by atoms with van der Waals surface area (Å²) in [6.07, 6.45) is 1.31. The summed E-state index contributed by atoms with van der Waals surface area (Å²) in [5.41, 5.74) is 1.47. The lowest BCUT2D eigenvalue weighted by atomic mass is 9.92. The summed E-state index contributed by atoms with van der Waals surface area (Å²) in [6.45, 7) is 0.0783. The second kappa shape index (κ2) is 5.85. The van der Waals surface area contributed by atoms with Crippen LogP contribution in [0.3, 0.4) is 0 Å². The van der Waals surface area contributed by atoms with E-state index >= 15 is 0 Å². The molecule has 1 unspecified atom stereocenters. The van der Waals surface area contributed by atoms with E-state index in [0.717, 1.165) is 11.8 Å². The number of carboxylic acids is 1. The molecule has 1 atom stereocenters. The van der Waals surface area contributed by atoms with Crippen LogP contribution >= 0.6 is 0 Å². The molecule has 0 saturated carbocycles. The molecule has 6 nitrogen and oxygen atoms in total. The number of carboxylic acid groups (broad SMARTS) is 1. The van der Waals surface area contributed by atoms with Crippen LogP contribution in [0.15, 0.2) is 24.3 Å². The summed E-state index contributed by atoms with van der Waals surface area (Å²) in [6, 6.07) is 7.12. The average molecular weight is 311 g/mol. The number of nitrogens with zero attached hydrogens (tertiary/aromatic N) is 1. The van der Waals surface area contributed by atoms with Gasteiger partial charge < -0.3 is 10.0 Å². The monoisotopic (exact) mass is 311 g/mol. The molecule has 114 valence electrons. The van der Waals surface area contributed by atoms with Crippen LogP contribution in [0.5, 0.6) is 0 Å². The van der Waals surface area contributed by atoms with Gasteiger partial charge in [-0.3, -0.25) is 9.59 Å². The second-order valence-electron chi connectivity index (χ2n) is 5.25. The minimum atomic E-state index is -3.23. The molecule has 1 aliphatic heterocycles. The number of sulfone groups is 1. The topological polar surface area (TPSA) is 91.8 Å². The van der Waals surface area contributed by atoms with Crippen LogP contribution in [0, 0.1) is 5.92 Å². The van der Waals surface area contributed by atoms with Gasteiger partial charge in [0.2, 0.25) is 5.91 Å². The van der Waals surface area contributed by atoms with E-state index in [1.807, 2.05) is 0 Å². The zero-order valence-corrected chi connectivity index (χ0v) is 12.5. The third-order valence-corrected chi connectivity index (χ3v) is 4.43. The molecule has 0 fully saturated rings. The molecule has 0 aliphatic carbocycles. The van der Waals surface area contributed by atoms with E-state index < -0.39 is 21.7 Å². The minimum absolute atomic E-state index is 0.0783. The fourth-order valence-corrected chi connectivity index (χ4v) is 2.95. The number of carbonyl (C=O) groups excluding carboxylic acids is 1. The first-order valence-electron chi connectivity index (χ1n) is 6.57. The molecule has 1 N–H and O–H groups in total. The molecule has 7 heteroatoms. The van der Waals surface area contributed by atoms with Crippen LogP contribution in [0.2, 0.25) is 0 Å². The highest BCUT2D eigenvalue weighted by Crippen LogP contribution is 2.30. The van der Waals surface area contributed by atoms with Crippen molar-refractivity contribution in [3.05, 3.63) is 29.8 Å². The molecule has 0 radical (unpaired) electrons. The van der Waals surface area contributed by atoms with Gasteiger partial charge in [0.1, 0.15) is 9.84 Å². The van der Waals surface area contributed by atoms with Crippen molar-refractivity contribution in [2.45, 2.75) is 12.8 Å². The molecule has 0 aromatic heterocycles. The van der Waals surface area contributed by atoms with Crippen LogP contribution in [0.25, 0.3) is 0 Å². The van der Waals surface area contributed by atoms with E-state index in [-0.39, 0.29) is 24.6 Å². The third kappa shape index (κ3) is 3.81. The third-order valence-electron chi connectivity index (χ3n) is 3.49. The highest BCUT2D eigenvalue weighted by atomic mass is 32.2. The molecular formula is C14H17NO5S. The van der Waals surface area contributed by atoms with Crippen LogP contribution in [-0.2, 0) is 25.8 Å². The van der Waals surface area contributed by atoms with Crippen LogP contribution < -0.4 is 4.90 Å². The van der Waals surface area contributed by atoms with E-state index in [9.17, 15) is 23.1 Å². The predicted octanol–water partition coefficient (Wildman–Crippen LogP) is 0.711. The number of hydrogen-bond acceptors (Lipinski definition) is 4. The average Bonchev–Trinajstić information content (AvgIpc) is 2.42. The summed E-state index contributed by atoms with van der Waals surface area (Å²) in [7, 11) is -3.23. The largest absolute Gasteiger partial charge is 0.481 e. The maximum atomic E-state index is 12.2. The number of para-hydroxylation sites is 1. The number of rotatable bonds is 4. The van der Waals surface area contributed by atoms with Gasteiger partial charge in [-0.05, 0) is 18.1 Å². The highest BCUT2D eigenvalue weighted by Gasteiger charge is 2.32. The molecule has 1 amide bonds. The molecule has 0 spiro atoms. The number of benzene rings is 1. The number of fused-ring (bicyclic) bond motifs is 1. The van der Waals surface area contributed by atoms with Gasteiger partial charge in [-0.1, -0.05) is 18.2 Å².